The van der Waals surface area contributed by atoms with Gasteiger partial charge in [0.05, 0.1) is 0 Å². The van der Waals surface area contributed by atoms with Crippen LogP contribution in [-0.2, 0) is 25.2 Å². The van der Waals surface area contributed by atoms with E-state index in [1.807, 2.05) is 12.1 Å². The van der Waals surface area contributed by atoms with Crippen LogP contribution in [0.3, 0.4) is 0 Å². The minimum atomic E-state index is -0.902. The molecule has 97 valence electrons. The minimum absolute atomic E-state index is 0. The van der Waals surface area contributed by atoms with Crippen molar-refractivity contribution in [2.75, 3.05) is 0 Å². The zero-order valence-electron chi connectivity index (χ0n) is 10.3. The van der Waals surface area contributed by atoms with Crippen molar-refractivity contribution in [1.29, 1.82) is 0 Å². The number of aliphatic carboxylic acids is 1. The van der Waals surface area contributed by atoms with E-state index in [-0.39, 0.29) is 20.4 Å². The van der Waals surface area contributed by atoms with Crippen LogP contribution in [0.1, 0.15) is 49.1 Å². The van der Waals surface area contributed by atoms with Crippen molar-refractivity contribution in [3.63, 3.8) is 0 Å². The van der Waals surface area contributed by atoms with Crippen molar-refractivity contribution in [3.8, 4) is 0 Å². The molecule has 0 saturated heterocycles. The fourth-order valence-corrected chi connectivity index (χ4v) is 2.48. The van der Waals surface area contributed by atoms with Crippen molar-refractivity contribution in [1.82, 2.24) is 0 Å². The summed E-state index contributed by atoms with van der Waals surface area (Å²) in [5.74, 6) is -0.192. The maximum Gasteiger partial charge on any atom is 0.328 e. The molecule has 1 radical (unpaired) electrons. The molecule has 0 unspecified atom stereocenters. The Bertz CT molecular complexity index is 403. The second kappa shape index (κ2) is 7.51. The van der Waals surface area contributed by atoms with Gasteiger partial charge in [0.2, 0.25) is 0 Å². The van der Waals surface area contributed by atoms with Gasteiger partial charge < -0.3 is 5.11 Å². The summed E-state index contributed by atoms with van der Waals surface area (Å²) < 4.78 is 0. The van der Waals surface area contributed by atoms with Crippen LogP contribution in [0.4, 0.5) is 0 Å². The van der Waals surface area contributed by atoms with Gasteiger partial charge in [0.25, 0.3) is 0 Å². The quantitative estimate of drug-likeness (QED) is 0.761. The fraction of sp³-hybridized carbons (Fsp3) is 0.400. The molecule has 0 bridgehead atoms. The van der Waals surface area contributed by atoms with E-state index in [2.05, 4.69) is 12.1 Å². The van der Waals surface area contributed by atoms with Crippen LogP contribution in [0.25, 0.3) is 6.08 Å². The van der Waals surface area contributed by atoms with Gasteiger partial charge in [0, 0.05) is 26.5 Å². The average molecular weight is 417 g/mol. The van der Waals surface area contributed by atoms with E-state index < -0.39 is 5.97 Å². The molecule has 0 amide bonds. The molecule has 1 aliphatic carbocycles. The first-order chi connectivity index (χ1) is 8.25. The average Bonchev–Trinajstić information content (AvgIpc) is 2.38. The van der Waals surface area contributed by atoms with Gasteiger partial charge in [0.15, 0.2) is 0 Å². The largest absolute Gasteiger partial charge is 0.478 e. The Kier molecular flexibility index (Phi) is 6.32. The number of hydrogen-bond acceptors (Lipinski definition) is 1. The van der Waals surface area contributed by atoms with E-state index in [0.717, 1.165) is 5.56 Å². The molecule has 2 rings (SSSR count). The van der Waals surface area contributed by atoms with Gasteiger partial charge in [-0.3, -0.25) is 0 Å². The van der Waals surface area contributed by atoms with Crippen molar-refractivity contribution >= 4 is 12.0 Å². The van der Waals surface area contributed by atoms with Gasteiger partial charge in [-0.1, -0.05) is 43.5 Å². The summed E-state index contributed by atoms with van der Waals surface area (Å²) in [6.07, 6.45) is 9.45. The first-order valence-corrected chi connectivity index (χ1v) is 6.26. The molecule has 1 saturated carbocycles. The van der Waals surface area contributed by atoms with Gasteiger partial charge in [-0.2, -0.15) is 0 Å². The molecule has 0 aromatic heterocycles. The first-order valence-electron chi connectivity index (χ1n) is 6.26. The van der Waals surface area contributed by atoms with Crippen molar-refractivity contribution < 1.29 is 30.3 Å². The third kappa shape index (κ3) is 4.40. The standard InChI is InChI=1S/C15H18O2.Re/c16-15(17)11-8-12-6-9-14(10-7-12)13-4-2-1-3-5-13;/h6-11,13H,1-5H2,(H,16,17);/b11-8+;. The molecule has 3 heteroatoms. The summed E-state index contributed by atoms with van der Waals surface area (Å²) in [5.41, 5.74) is 2.35. The zero-order valence-corrected chi connectivity index (χ0v) is 13.0. The summed E-state index contributed by atoms with van der Waals surface area (Å²) in [6.45, 7) is 0. The maximum absolute atomic E-state index is 10.4. The van der Waals surface area contributed by atoms with Crippen LogP contribution in [0.2, 0.25) is 0 Å². The summed E-state index contributed by atoms with van der Waals surface area (Å²) in [6, 6.07) is 8.28. The van der Waals surface area contributed by atoms with E-state index in [1.165, 1.54) is 43.7 Å². The van der Waals surface area contributed by atoms with Gasteiger partial charge in [-0.25, -0.2) is 4.79 Å². The van der Waals surface area contributed by atoms with Crippen LogP contribution in [0, 0.1) is 0 Å². The molecule has 1 aliphatic rings. The van der Waals surface area contributed by atoms with E-state index in [0.29, 0.717) is 5.92 Å². The van der Waals surface area contributed by atoms with E-state index in [4.69, 9.17) is 5.11 Å². The van der Waals surface area contributed by atoms with E-state index in [1.54, 1.807) is 6.08 Å². The van der Waals surface area contributed by atoms with Crippen molar-refractivity contribution in [3.05, 3.63) is 41.5 Å². The predicted molar refractivity (Wildman–Crippen MR) is 68.9 cm³/mol. The molecular weight excluding hydrogens is 398 g/mol. The Labute approximate surface area is 122 Å². The minimum Gasteiger partial charge on any atom is -0.478 e. The maximum atomic E-state index is 10.4. The number of carboxylic acids is 1. The number of hydrogen-bond donors (Lipinski definition) is 1. The molecule has 1 aromatic carbocycles. The second-order valence-electron chi connectivity index (χ2n) is 4.67. The molecule has 1 aromatic rings. The van der Waals surface area contributed by atoms with Crippen LogP contribution in [-0.4, -0.2) is 11.1 Å². The summed E-state index contributed by atoms with van der Waals surface area (Å²) >= 11 is 0. The summed E-state index contributed by atoms with van der Waals surface area (Å²) in [4.78, 5) is 10.4. The number of rotatable bonds is 3. The zero-order chi connectivity index (χ0) is 12.1. The molecule has 0 aliphatic heterocycles. The monoisotopic (exact) mass is 417 g/mol. The van der Waals surface area contributed by atoms with Gasteiger partial charge >= 0.3 is 5.97 Å². The Hall–Kier alpha value is -0.908. The first kappa shape index (κ1) is 15.2. The summed E-state index contributed by atoms with van der Waals surface area (Å²) in [5, 5.41) is 8.55. The second-order valence-corrected chi connectivity index (χ2v) is 4.67. The topological polar surface area (TPSA) is 37.3 Å². The molecule has 1 fully saturated rings. The van der Waals surface area contributed by atoms with Gasteiger partial charge in [0.1, 0.15) is 0 Å². The normalized spacial score (nSPS) is 16.4. The van der Waals surface area contributed by atoms with E-state index in [9.17, 15) is 4.79 Å². The molecular formula is C15H18O2Re. The van der Waals surface area contributed by atoms with E-state index >= 15 is 0 Å². The molecule has 0 atom stereocenters. The third-order valence-electron chi connectivity index (χ3n) is 3.43. The summed E-state index contributed by atoms with van der Waals surface area (Å²) in [7, 11) is 0. The molecule has 1 N–H and O–H groups in total. The Morgan fingerprint density at radius 1 is 1.11 bits per heavy atom. The van der Waals surface area contributed by atoms with Crippen LogP contribution >= 0.6 is 0 Å². The van der Waals surface area contributed by atoms with Crippen molar-refractivity contribution in [2.45, 2.75) is 38.0 Å². The SMILES string of the molecule is O=C(O)/C=C/c1ccc(C2CCCCC2)cc1.[Re]. The Balaban J connectivity index is 0.00000162. The molecule has 2 nitrogen and oxygen atoms in total. The number of benzene rings is 1. The third-order valence-corrected chi connectivity index (χ3v) is 3.43. The van der Waals surface area contributed by atoms with Gasteiger partial charge in [-0.05, 0) is 36.0 Å². The molecule has 0 spiro atoms. The molecule has 18 heavy (non-hydrogen) atoms. The smallest absolute Gasteiger partial charge is 0.328 e. The Morgan fingerprint density at radius 3 is 2.28 bits per heavy atom. The fourth-order valence-electron chi connectivity index (χ4n) is 2.48. The Morgan fingerprint density at radius 2 is 1.72 bits per heavy atom. The predicted octanol–water partition coefficient (Wildman–Crippen LogP) is 3.83. The van der Waals surface area contributed by atoms with Crippen LogP contribution < -0.4 is 0 Å². The van der Waals surface area contributed by atoms with Crippen LogP contribution in [0.5, 0.6) is 0 Å². The van der Waals surface area contributed by atoms with Crippen molar-refractivity contribution in [2.24, 2.45) is 0 Å². The van der Waals surface area contributed by atoms with Crippen LogP contribution in [0.15, 0.2) is 30.3 Å². The molecule has 0 heterocycles. The number of carbonyl (C=O) groups is 1. The number of carboxylic acid groups (broad SMARTS) is 1. The van der Waals surface area contributed by atoms with Gasteiger partial charge in [-0.15, -0.1) is 0 Å².